The van der Waals surface area contributed by atoms with Crippen LogP contribution in [0.2, 0.25) is 0 Å². The summed E-state index contributed by atoms with van der Waals surface area (Å²) in [6.45, 7) is 2.10. The van der Waals surface area contributed by atoms with Gasteiger partial charge in [0.2, 0.25) is 12.7 Å². The Balaban J connectivity index is 1.67. The van der Waals surface area contributed by atoms with Crippen LogP contribution in [0, 0.1) is 5.92 Å². The molecule has 2 aliphatic rings. The van der Waals surface area contributed by atoms with Crippen LogP contribution in [0.1, 0.15) is 25.3 Å². The molecule has 1 aromatic carbocycles. The van der Waals surface area contributed by atoms with Crippen molar-refractivity contribution in [1.29, 1.82) is 0 Å². The second-order valence-electron chi connectivity index (χ2n) is 5.88. The number of benzene rings is 1. The zero-order valence-electron chi connectivity index (χ0n) is 12.4. The summed E-state index contributed by atoms with van der Waals surface area (Å²) in [5.41, 5.74) is 0.850. The standard InChI is InChI=1S/C16H19NO5/c1-10(16(19)20)8-17(12-3-4-12)15(18)7-11-2-5-13-14(6-11)22-9-21-13/h2,5-6,10,12H,3-4,7-9H2,1H3,(H,19,20). The molecule has 3 rings (SSSR count). The average Bonchev–Trinajstić information content (AvgIpc) is 3.21. The maximum absolute atomic E-state index is 12.5. The highest BCUT2D eigenvalue weighted by atomic mass is 16.7. The van der Waals surface area contributed by atoms with Gasteiger partial charge in [-0.2, -0.15) is 0 Å². The fourth-order valence-electron chi connectivity index (χ4n) is 2.54. The summed E-state index contributed by atoms with van der Waals surface area (Å²) >= 11 is 0. The fourth-order valence-corrected chi connectivity index (χ4v) is 2.54. The molecule has 1 N–H and O–H groups in total. The van der Waals surface area contributed by atoms with Crippen molar-refractivity contribution >= 4 is 11.9 Å². The van der Waals surface area contributed by atoms with Gasteiger partial charge in [-0.15, -0.1) is 0 Å². The van der Waals surface area contributed by atoms with Crippen molar-refractivity contribution in [2.75, 3.05) is 13.3 Å². The number of nitrogens with zero attached hydrogens (tertiary/aromatic N) is 1. The van der Waals surface area contributed by atoms with Crippen molar-refractivity contribution < 1.29 is 24.2 Å². The number of carbonyl (C=O) groups excluding carboxylic acids is 1. The second-order valence-corrected chi connectivity index (χ2v) is 5.88. The molecule has 1 aromatic rings. The Morgan fingerprint density at radius 2 is 2.05 bits per heavy atom. The third-order valence-corrected chi connectivity index (χ3v) is 3.99. The van der Waals surface area contributed by atoms with Gasteiger partial charge >= 0.3 is 5.97 Å². The van der Waals surface area contributed by atoms with Gasteiger partial charge in [-0.05, 0) is 30.5 Å². The van der Waals surface area contributed by atoms with Gasteiger partial charge in [0.05, 0.1) is 12.3 Å². The van der Waals surface area contributed by atoms with E-state index in [9.17, 15) is 9.59 Å². The summed E-state index contributed by atoms with van der Waals surface area (Å²) in [4.78, 5) is 25.2. The van der Waals surface area contributed by atoms with Crippen LogP contribution in [-0.2, 0) is 16.0 Å². The maximum atomic E-state index is 12.5. The van der Waals surface area contributed by atoms with Crippen LogP contribution in [0.3, 0.4) is 0 Å². The van der Waals surface area contributed by atoms with Gasteiger partial charge in [-0.25, -0.2) is 0 Å². The largest absolute Gasteiger partial charge is 0.481 e. The van der Waals surface area contributed by atoms with Crippen LogP contribution in [0.15, 0.2) is 18.2 Å². The molecule has 1 saturated carbocycles. The van der Waals surface area contributed by atoms with Gasteiger partial charge in [0, 0.05) is 12.6 Å². The molecular weight excluding hydrogens is 286 g/mol. The van der Waals surface area contributed by atoms with E-state index in [-0.39, 0.29) is 31.7 Å². The van der Waals surface area contributed by atoms with Gasteiger partial charge in [0.1, 0.15) is 0 Å². The highest BCUT2D eigenvalue weighted by molar-refractivity contribution is 5.80. The first kappa shape index (κ1) is 14.7. The van der Waals surface area contributed by atoms with Gasteiger partial charge < -0.3 is 19.5 Å². The predicted molar refractivity (Wildman–Crippen MR) is 77.8 cm³/mol. The van der Waals surface area contributed by atoms with E-state index < -0.39 is 11.9 Å². The van der Waals surface area contributed by atoms with Crippen LogP contribution in [-0.4, -0.2) is 41.3 Å². The van der Waals surface area contributed by atoms with Crippen LogP contribution in [0.25, 0.3) is 0 Å². The van der Waals surface area contributed by atoms with E-state index in [4.69, 9.17) is 14.6 Å². The van der Waals surface area contributed by atoms with E-state index in [1.54, 1.807) is 17.9 Å². The number of aliphatic carboxylic acids is 1. The summed E-state index contributed by atoms with van der Waals surface area (Å²) in [6.07, 6.45) is 2.16. The van der Waals surface area contributed by atoms with Gasteiger partial charge in [-0.3, -0.25) is 9.59 Å². The van der Waals surface area contributed by atoms with E-state index in [1.807, 2.05) is 12.1 Å². The van der Waals surface area contributed by atoms with Crippen molar-refractivity contribution in [3.8, 4) is 11.5 Å². The Hall–Kier alpha value is -2.24. The number of carbonyl (C=O) groups is 2. The lowest BCUT2D eigenvalue weighted by atomic mass is 10.1. The quantitative estimate of drug-likeness (QED) is 0.865. The Morgan fingerprint density at radius 3 is 2.73 bits per heavy atom. The van der Waals surface area contributed by atoms with E-state index in [2.05, 4.69) is 0 Å². The van der Waals surface area contributed by atoms with Gasteiger partial charge in [0.15, 0.2) is 11.5 Å². The van der Waals surface area contributed by atoms with Crippen molar-refractivity contribution in [3.63, 3.8) is 0 Å². The Morgan fingerprint density at radius 1 is 1.32 bits per heavy atom. The van der Waals surface area contributed by atoms with Crippen molar-refractivity contribution in [1.82, 2.24) is 4.90 Å². The van der Waals surface area contributed by atoms with Crippen molar-refractivity contribution in [3.05, 3.63) is 23.8 Å². The molecule has 1 aliphatic heterocycles. The van der Waals surface area contributed by atoms with Gasteiger partial charge in [0.25, 0.3) is 0 Å². The zero-order chi connectivity index (χ0) is 15.7. The van der Waals surface area contributed by atoms with E-state index in [0.29, 0.717) is 11.5 Å². The molecule has 0 saturated heterocycles. The number of fused-ring (bicyclic) bond motifs is 1. The minimum absolute atomic E-state index is 0.0329. The lowest BCUT2D eigenvalue weighted by Gasteiger charge is -2.24. The van der Waals surface area contributed by atoms with Crippen LogP contribution >= 0.6 is 0 Å². The maximum Gasteiger partial charge on any atom is 0.308 e. The van der Waals surface area contributed by atoms with Crippen molar-refractivity contribution in [2.24, 2.45) is 5.92 Å². The molecule has 6 nitrogen and oxygen atoms in total. The number of hydrogen-bond acceptors (Lipinski definition) is 4. The molecule has 1 fully saturated rings. The minimum Gasteiger partial charge on any atom is -0.481 e. The Kier molecular flexibility index (Phi) is 3.92. The first-order chi connectivity index (χ1) is 10.5. The molecule has 1 atom stereocenters. The van der Waals surface area contributed by atoms with E-state index in [0.717, 1.165) is 18.4 Å². The average molecular weight is 305 g/mol. The first-order valence-corrected chi connectivity index (χ1v) is 7.45. The number of rotatable bonds is 6. The smallest absolute Gasteiger partial charge is 0.308 e. The number of carboxylic acids is 1. The number of hydrogen-bond donors (Lipinski definition) is 1. The normalized spacial score (nSPS) is 17.1. The molecular formula is C16H19NO5. The number of ether oxygens (including phenoxy) is 2. The van der Waals surface area contributed by atoms with Crippen LogP contribution in [0.4, 0.5) is 0 Å². The summed E-state index contributed by atoms with van der Waals surface area (Å²) in [5, 5.41) is 9.04. The SMILES string of the molecule is CC(CN(C(=O)Cc1ccc2c(c1)OCO2)C1CC1)C(=O)O. The Labute approximate surface area is 128 Å². The number of amides is 1. The summed E-state index contributed by atoms with van der Waals surface area (Å²) in [6, 6.07) is 5.65. The molecule has 0 bridgehead atoms. The molecule has 1 amide bonds. The molecule has 0 aromatic heterocycles. The minimum atomic E-state index is -0.874. The zero-order valence-corrected chi connectivity index (χ0v) is 12.4. The molecule has 118 valence electrons. The molecule has 1 aliphatic carbocycles. The first-order valence-electron chi connectivity index (χ1n) is 7.45. The second kappa shape index (κ2) is 5.87. The summed E-state index contributed by atoms with van der Waals surface area (Å²) < 4.78 is 10.6. The lowest BCUT2D eigenvalue weighted by Crippen LogP contribution is -2.39. The fraction of sp³-hybridized carbons (Fsp3) is 0.500. The molecule has 1 unspecified atom stereocenters. The highest BCUT2D eigenvalue weighted by Gasteiger charge is 2.34. The third kappa shape index (κ3) is 3.16. The molecule has 6 heteroatoms. The van der Waals surface area contributed by atoms with E-state index >= 15 is 0 Å². The molecule has 0 radical (unpaired) electrons. The molecule has 22 heavy (non-hydrogen) atoms. The third-order valence-electron chi connectivity index (χ3n) is 3.99. The molecule has 1 heterocycles. The highest BCUT2D eigenvalue weighted by Crippen LogP contribution is 2.33. The number of carboxylic acid groups (broad SMARTS) is 1. The topological polar surface area (TPSA) is 76.1 Å². The summed E-state index contributed by atoms with van der Waals surface area (Å²) in [7, 11) is 0. The van der Waals surface area contributed by atoms with Gasteiger partial charge in [-0.1, -0.05) is 13.0 Å². The van der Waals surface area contributed by atoms with Crippen molar-refractivity contribution in [2.45, 2.75) is 32.2 Å². The monoisotopic (exact) mass is 305 g/mol. The van der Waals surface area contributed by atoms with E-state index in [1.165, 1.54) is 0 Å². The Bertz CT molecular complexity index is 596. The van der Waals surface area contributed by atoms with Crippen LogP contribution in [0.5, 0.6) is 11.5 Å². The lowest BCUT2D eigenvalue weighted by molar-refractivity contribution is -0.143. The van der Waals surface area contributed by atoms with Crippen LogP contribution < -0.4 is 9.47 Å². The predicted octanol–water partition coefficient (Wildman–Crippen LogP) is 1.67. The molecule has 0 spiro atoms. The summed E-state index contributed by atoms with van der Waals surface area (Å²) in [5.74, 6) is -0.116.